The number of aryl methyl sites for hydroxylation is 1. The van der Waals surface area contributed by atoms with Crippen LogP contribution < -0.4 is 19.5 Å². The molecule has 0 radical (unpaired) electrons. The molecule has 1 saturated carbocycles. The van der Waals surface area contributed by atoms with E-state index in [0.717, 1.165) is 29.7 Å². The van der Waals surface area contributed by atoms with Crippen LogP contribution in [0.5, 0.6) is 17.2 Å². The molecule has 1 aliphatic carbocycles. The molecule has 1 N–H and O–H groups in total. The van der Waals surface area contributed by atoms with Crippen LogP contribution in [0.3, 0.4) is 0 Å². The lowest BCUT2D eigenvalue weighted by molar-refractivity contribution is -0.118. The minimum atomic E-state index is -0.533. The third kappa shape index (κ3) is 2.86. The first kappa shape index (κ1) is 17.0. The second-order valence-corrected chi connectivity index (χ2v) is 7.10. The summed E-state index contributed by atoms with van der Waals surface area (Å²) in [6.07, 6.45) is 1.60. The topological polar surface area (TPSA) is 56.8 Å². The fourth-order valence-electron chi connectivity index (χ4n) is 3.28. The van der Waals surface area contributed by atoms with Gasteiger partial charge in [0.15, 0.2) is 11.5 Å². The Morgan fingerprint density at radius 3 is 2.58 bits per heavy atom. The first-order chi connectivity index (χ1) is 12.5. The monoisotopic (exact) mass is 373 g/mol. The number of carbonyl (C=O) groups is 1. The van der Waals surface area contributed by atoms with E-state index in [1.165, 1.54) is 0 Å². The number of amides is 1. The predicted molar refractivity (Wildman–Crippen MR) is 99.7 cm³/mol. The number of anilines is 1. The van der Waals surface area contributed by atoms with Crippen molar-refractivity contribution in [2.45, 2.75) is 25.2 Å². The van der Waals surface area contributed by atoms with Crippen molar-refractivity contribution in [1.82, 2.24) is 0 Å². The van der Waals surface area contributed by atoms with Crippen LogP contribution in [0.1, 0.15) is 24.0 Å². The second-order valence-electron chi connectivity index (χ2n) is 6.70. The highest BCUT2D eigenvalue weighted by Crippen LogP contribution is 2.51. The van der Waals surface area contributed by atoms with Crippen LogP contribution in [0.15, 0.2) is 30.3 Å². The van der Waals surface area contributed by atoms with Gasteiger partial charge in [-0.15, -0.1) is 0 Å². The highest BCUT2D eigenvalue weighted by Gasteiger charge is 2.51. The van der Waals surface area contributed by atoms with Crippen LogP contribution in [0.4, 0.5) is 5.69 Å². The number of fused-ring (bicyclic) bond motifs is 1. The molecular weight excluding hydrogens is 354 g/mol. The zero-order valence-electron chi connectivity index (χ0n) is 14.7. The Bertz CT molecular complexity index is 876. The molecule has 1 aliphatic heterocycles. The standard InChI is InChI=1S/C20H20ClNO4/c1-12-9-15(17(24-2)11-14(12)21)22-19(23)20(5-6-20)13-3-4-16-18(10-13)26-8-7-25-16/h3-4,9-11H,5-8H2,1-2H3,(H,22,23). The van der Waals surface area contributed by atoms with Crippen LogP contribution >= 0.6 is 11.6 Å². The lowest BCUT2D eigenvalue weighted by atomic mass is 9.94. The maximum Gasteiger partial charge on any atom is 0.235 e. The Labute approximate surface area is 157 Å². The molecule has 0 bridgehead atoms. The summed E-state index contributed by atoms with van der Waals surface area (Å²) in [6.45, 7) is 2.97. The van der Waals surface area contributed by atoms with Crippen molar-refractivity contribution in [3.8, 4) is 17.2 Å². The van der Waals surface area contributed by atoms with E-state index in [2.05, 4.69) is 5.32 Å². The number of hydrogen-bond donors (Lipinski definition) is 1. The summed E-state index contributed by atoms with van der Waals surface area (Å²) in [4.78, 5) is 13.1. The molecule has 0 atom stereocenters. The van der Waals surface area contributed by atoms with Gasteiger partial charge in [-0.05, 0) is 49.1 Å². The molecule has 6 heteroatoms. The third-order valence-corrected chi connectivity index (χ3v) is 5.42. The van der Waals surface area contributed by atoms with Crippen molar-refractivity contribution < 1.29 is 19.0 Å². The molecule has 5 nitrogen and oxygen atoms in total. The van der Waals surface area contributed by atoms with Crippen LogP contribution in [0.2, 0.25) is 5.02 Å². The number of hydrogen-bond acceptors (Lipinski definition) is 4. The number of nitrogens with one attached hydrogen (secondary N) is 1. The average molecular weight is 374 g/mol. The third-order valence-electron chi connectivity index (χ3n) is 5.01. The molecule has 0 spiro atoms. The molecule has 26 heavy (non-hydrogen) atoms. The normalized spacial score (nSPS) is 16.7. The quantitative estimate of drug-likeness (QED) is 0.876. The van der Waals surface area contributed by atoms with Crippen LogP contribution in [0.25, 0.3) is 0 Å². The molecule has 4 rings (SSSR count). The number of carbonyl (C=O) groups excluding carboxylic acids is 1. The fraction of sp³-hybridized carbons (Fsp3) is 0.350. The second kappa shape index (κ2) is 6.40. The van der Waals surface area contributed by atoms with E-state index in [1.807, 2.05) is 31.2 Å². The predicted octanol–water partition coefficient (Wildman–Crippen LogP) is 4.10. The van der Waals surface area contributed by atoms with Crippen LogP contribution in [-0.4, -0.2) is 26.2 Å². The van der Waals surface area contributed by atoms with Crippen LogP contribution in [0, 0.1) is 6.92 Å². The molecule has 1 fully saturated rings. The van der Waals surface area contributed by atoms with Crippen molar-refractivity contribution >= 4 is 23.2 Å². The Morgan fingerprint density at radius 1 is 1.15 bits per heavy atom. The minimum Gasteiger partial charge on any atom is -0.495 e. The number of rotatable bonds is 4. The summed E-state index contributed by atoms with van der Waals surface area (Å²) in [5.74, 6) is 1.93. The number of halogens is 1. The van der Waals surface area contributed by atoms with Crippen molar-refractivity contribution in [2.24, 2.45) is 0 Å². The van der Waals surface area contributed by atoms with Gasteiger partial charge in [0.05, 0.1) is 18.2 Å². The van der Waals surface area contributed by atoms with Gasteiger partial charge in [-0.1, -0.05) is 17.7 Å². The zero-order valence-corrected chi connectivity index (χ0v) is 15.5. The number of benzene rings is 2. The largest absolute Gasteiger partial charge is 0.495 e. The van der Waals surface area contributed by atoms with Gasteiger partial charge in [-0.2, -0.15) is 0 Å². The molecule has 0 aromatic heterocycles. The molecule has 1 heterocycles. The van der Waals surface area contributed by atoms with Gasteiger partial charge in [0.25, 0.3) is 0 Å². The fourth-order valence-corrected chi connectivity index (χ4v) is 3.44. The molecule has 136 valence electrons. The van der Waals surface area contributed by atoms with Gasteiger partial charge in [0.1, 0.15) is 19.0 Å². The molecule has 0 saturated heterocycles. The van der Waals surface area contributed by atoms with E-state index in [9.17, 15) is 4.79 Å². The summed E-state index contributed by atoms with van der Waals surface area (Å²) in [5.41, 5.74) is 1.92. The molecule has 2 aliphatic rings. The molecule has 2 aromatic rings. The Hall–Kier alpha value is -2.40. The zero-order chi connectivity index (χ0) is 18.3. The van der Waals surface area contributed by atoms with E-state index in [1.54, 1.807) is 13.2 Å². The first-order valence-electron chi connectivity index (χ1n) is 8.59. The van der Waals surface area contributed by atoms with Gasteiger partial charge < -0.3 is 19.5 Å². The van der Waals surface area contributed by atoms with E-state index >= 15 is 0 Å². The summed E-state index contributed by atoms with van der Waals surface area (Å²) >= 11 is 6.15. The molecule has 1 amide bonds. The number of ether oxygens (including phenoxy) is 3. The van der Waals surface area contributed by atoms with Gasteiger partial charge in [-0.25, -0.2) is 0 Å². The molecular formula is C20H20ClNO4. The van der Waals surface area contributed by atoms with E-state index in [0.29, 0.717) is 35.4 Å². The highest BCUT2D eigenvalue weighted by atomic mass is 35.5. The average Bonchev–Trinajstić information content (AvgIpc) is 3.46. The van der Waals surface area contributed by atoms with Gasteiger partial charge in [-0.3, -0.25) is 4.79 Å². The highest BCUT2D eigenvalue weighted by molar-refractivity contribution is 6.31. The van der Waals surface area contributed by atoms with E-state index < -0.39 is 5.41 Å². The maximum absolute atomic E-state index is 13.1. The summed E-state index contributed by atoms with van der Waals surface area (Å²) in [6, 6.07) is 9.30. The van der Waals surface area contributed by atoms with Crippen molar-refractivity contribution in [2.75, 3.05) is 25.6 Å². The maximum atomic E-state index is 13.1. The van der Waals surface area contributed by atoms with Crippen molar-refractivity contribution in [1.29, 1.82) is 0 Å². The summed E-state index contributed by atoms with van der Waals surface area (Å²) in [5, 5.41) is 3.62. The van der Waals surface area contributed by atoms with Crippen LogP contribution in [-0.2, 0) is 10.2 Å². The minimum absolute atomic E-state index is 0.0470. The summed E-state index contributed by atoms with van der Waals surface area (Å²) in [7, 11) is 1.56. The number of methoxy groups -OCH3 is 1. The van der Waals surface area contributed by atoms with Crippen molar-refractivity contribution in [3.63, 3.8) is 0 Å². The SMILES string of the molecule is COc1cc(Cl)c(C)cc1NC(=O)C1(c2ccc3c(c2)OCCO3)CC1. The smallest absolute Gasteiger partial charge is 0.235 e. The lowest BCUT2D eigenvalue weighted by Crippen LogP contribution is -2.28. The van der Waals surface area contributed by atoms with Crippen molar-refractivity contribution in [3.05, 3.63) is 46.5 Å². The Morgan fingerprint density at radius 2 is 1.88 bits per heavy atom. The molecule has 2 aromatic carbocycles. The van der Waals surface area contributed by atoms with Gasteiger partial charge in [0, 0.05) is 11.1 Å². The summed E-state index contributed by atoms with van der Waals surface area (Å²) < 4.78 is 16.6. The first-order valence-corrected chi connectivity index (χ1v) is 8.97. The molecule has 0 unspecified atom stereocenters. The van der Waals surface area contributed by atoms with Gasteiger partial charge >= 0.3 is 0 Å². The van der Waals surface area contributed by atoms with E-state index in [-0.39, 0.29) is 5.91 Å². The Kier molecular flexibility index (Phi) is 4.19. The van der Waals surface area contributed by atoms with Gasteiger partial charge in [0.2, 0.25) is 5.91 Å². The lowest BCUT2D eigenvalue weighted by Gasteiger charge is -2.22. The Balaban J connectivity index is 1.61. The van der Waals surface area contributed by atoms with E-state index in [4.69, 9.17) is 25.8 Å².